The van der Waals surface area contributed by atoms with Crippen LogP contribution in [-0.2, 0) is 4.79 Å². The number of hydrogen-bond acceptors (Lipinski definition) is 2. The van der Waals surface area contributed by atoms with Gasteiger partial charge in [-0.3, -0.25) is 4.79 Å². The lowest BCUT2D eigenvalue weighted by molar-refractivity contribution is -0.138. The van der Waals surface area contributed by atoms with Crippen LogP contribution in [-0.4, -0.2) is 19.9 Å². The molecule has 4 bridgehead atoms. The van der Waals surface area contributed by atoms with Crippen molar-refractivity contribution in [3.63, 3.8) is 0 Å². The lowest BCUT2D eigenvalue weighted by Crippen LogP contribution is -2.49. The second kappa shape index (κ2) is 5.51. The highest BCUT2D eigenvalue weighted by Gasteiger charge is 2.53. The normalized spacial score (nSPS) is 35.0. The van der Waals surface area contributed by atoms with Crippen LogP contribution in [0.15, 0.2) is 30.3 Å². The SMILES string of the molecule is CN(C)c1ccc(C=CC(=O)C23CC4CC(CC(C4)C2)C3)cc1. The van der Waals surface area contributed by atoms with Gasteiger partial charge in [-0.1, -0.05) is 18.2 Å². The summed E-state index contributed by atoms with van der Waals surface area (Å²) in [6.07, 6.45) is 11.5. The van der Waals surface area contributed by atoms with E-state index in [1.165, 1.54) is 24.9 Å². The molecule has 1 aromatic rings. The minimum Gasteiger partial charge on any atom is -0.378 e. The van der Waals surface area contributed by atoms with Crippen LogP contribution in [0.2, 0.25) is 0 Å². The molecule has 4 fully saturated rings. The average molecular weight is 309 g/mol. The lowest BCUT2D eigenvalue weighted by atomic mass is 9.48. The molecule has 4 aliphatic rings. The van der Waals surface area contributed by atoms with E-state index in [1.807, 2.05) is 26.2 Å². The molecule has 0 atom stereocenters. The van der Waals surface area contributed by atoms with Gasteiger partial charge in [0.1, 0.15) is 0 Å². The summed E-state index contributed by atoms with van der Waals surface area (Å²) in [7, 11) is 4.09. The van der Waals surface area contributed by atoms with Crippen molar-refractivity contribution in [2.45, 2.75) is 38.5 Å². The first-order valence-corrected chi connectivity index (χ1v) is 9.04. The Hall–Kier alpha value is -1.57. The van der Waals surface area contributed by atoms with Crippen LogP contribution in [0.3, 0.4) is 0 Å². The van der Waals surface area contributed by atoms with Gasteiger partial charge in [-0.05, 0) is 80.1 Å². The Bertz CT molecular complexity index is 590. The molecule has 23 heavy (non-hydrogen) atoms. The molecule has 4 saturated carbocycles. The van der Waals surface area contributed by atoms with E-state index in [0.717, 1.165) is 42.6 Å². The maximum atomic E-state index is 13.0. The third-order valence-electron chi connectivity index (χ3n) is 6.40. The van der Waals surface area contributed by atoms with E-state index in [2.05, 4.69) is 29.2 Å². The largest absolute Gasteiger partial charge is 0.378 e. The molecule has 0 aliphatic heterocycles. The zero-order valence-corrected chi connectivity index (χ0v) is 14.3. The summed E-state index contributed by atoms with van der Waals surface area (Å²) in [5.41, 5.74) is 2.30. The maximum Gasteiger partial charge on any atom is 0.161 e. The third-order valence-corrected chi connectivity index (χ3v) is 6.40. The van der Waals surface area contributed by atoms with E-state index in [9.17, 15) is 4.79 Å². The van der Waals surface area contributed by atoms with E-state index in [0.29, 0.717) is 5.78 Å². The van der Waals surface area contributed by atoms with Crippen molar-refractivity contribution in [3.8, 4) is 0 Å². The Morgan fingerprint density at radius 3 is 2.00 bits per heavy atom. The molecule has 2 heteroatoms. The van der Waals surface area contributed by atoms with E-state index >= 15 is 0 Å². The molecule has 0 aromatic heterocycles. The van der Waals surface area contributed by atoms with Crippen LogP contribution < -0.4 is 4.90 Å². The van der Waals surface area contributed by atoms with Crippen molar-refractivity contribution >= 4 is 17.5 Å². The number of ketones is 1. The molecule has 0 heterocycles. The van der Waals surface area contributed by atoms with Gasteiger partial charge in [-0.15, -0.1) is 0 Å². The summed E-state index contributed by atoms with van der Waals surface area (Å²) in [6, 6.07) is 8.40. The highest BCUT2D eigenvalue weighted by atomic mass is 16.1. The lowest BCUT2D eigenvalue weighted by Gasteiger charge is -2.55. The number of benzene rings is 1. The number of carbonyl (C=O) groups is 1. The van der Waals surface area contributed by atoms with E-state index in [-0.39, 0.29) is 5.41 Å². The van der Waals surface area contributed by atoms with Crippen LogP contribution in [0.4, 0.5) is 5.69 Å². The minimum absolute atomic E-state index is 0.00513. The summed E-state index contributed by atoms with van der Waals surface area (Å²) in [4.78, 5) is 15.0. The standard InChI is InChI=1S/C21H27NO/c1-22(2)19-6-3-15(4-7-19)5-8-20(23)21-12-16-9-17(13-21)11-18(10-16)14-21/h3-8,16-18H,9-14H2,1-2H3. The van der Waals surface area contributed by atoms with Crippen molar-refractivity contribution in [1.29, 1.82) is 0 Å². The zero-order valence-electron chi connectivity index (χ0n) is 14.3. The average Bonchev–Trinajstić information content (AvgIpc) is 2.51. The third kappa shape index (κ3) is 2.73. The fourth-order valence-electron chi connectivity index (χ4n) is 5.64. The van der Waals surface area contributed by atoms with Crippen LogP contribution in [0.25, 0.3) is 6.08 Å². The van der Waals surface area contributed by atoms with Gasteiger partial charge in [0.15, 0.2) is 5.78 Å². The second-order valence-corrected chi connectivity index (χ2v) is 8.38. The summed E-state index contributed by atoms with van der Waals surface area (Å²) in [5.74, 6) is 2.89. The number of allylic oxidation sites excluding steroid dienone is 1. The highest BCUT2D eigenvalue weighted by Crippen LogP contribution is 2.60. The van der Waals surface area contributed by atoms with Gasteiger partial charge in [0.2, 0.25) is 0 Å². The quantitative estimate of drug-likeness (QED) is 0.760. The van der Waals surface area contributed by atoms with Crippen LogP contribution in [0.1, 0.15) is 44.1 Å². The molecule has 1 aromatic carbocycles. The van der Waals surface area contributed by atoms with E-state index in [4.69, 9.17) is 0 Å². The number of rotatable bonds is 4. The maximum absolute atomic E-state index is 13.0. The molecule has 4 aliphatic carbocycles. The number of carbonyl (C=O) groups excluding carboxylic acids is 1. The van der Waals surface area contributed by atoms with E-state index in [1.54, 1.807) is 0 Å². The minimum atomic E-state index is -0.00513. The van der Waals surface area contributed by atoms with Crippen molar-refractivity contribution in [1.82, 2.24) is 0 Å². The summed E-state index contributed by atoms with van der Waals surface area (Å²) in [6.45, 7) is 0. The van der Waals surface area contributed by atoms with Gasteiger partial charge in [-0.2, -0.15) is 0 Å². The van der Waals surface area contributed by atoms with Crippen molar-refractivity contribution < 1.29 is 4.79 Å². The summed E-state index contributed by atoms with van der Waals surface area (Å²) < 4.78 is 0. The predicted octanol–water partition coefficient (Wildman–Crippen LogP) is 4.55. The molecule has 2 nitrogen and oxygen atoms in total. The Balaban J connectivity index is 1.49. The smallest absolute Gasteiger partial charge is 0.161 e. The fourth-order valence-corrected chi connectivity index (χ4v) is 5.64. The first-order valence-electron chi connectivity index (χ1n) is 9.04. The van der Waals surface area contributed by atoms with Crippen molar-refractivity contribution in [2.75, 3.05) is 19.0 Å². The number of nitrogens with zero attached hydrogens (tertiary/aromatic N) is 1. The number of hydrogen-bond donors (Lipinski definition) is 0. The fraction of sp³-hybridized carbons (Fsp3) is 0.571. The highest BCUT2D eigenvalue weighted by molar-refractivity contribution is 5.98. The summed E-state index contributed by atoms with van der Waals surface area (Å²) in [5, 5.41) is 0. The molecule has 122 valence electrons. The van der Waals surface area contributed by atoms with E-state index < -0.39 is 0 Å². The Kier molecular flexibility index (Phi) is 3.59. The predicted molar refractivity (Wildman–Crippen MR) is 95.4 cm³/mol. The molecule has 0 saturated heterocycles. The summed E-state index contributed by atoms with van der Waals surface area (Å²) >= 11 is 0. The number of anilines is 1. The van der Waals surface area contributed by atoms with Gasteiger partial charge in [0.25, 0.3) is 0 Å². The van der Waals surface area contributed by atoms with Gasteiger partial charge in [0.05, 0.1) is 0 Å². The molecular formula is C21H27NO. The topological polar surface area (TPSA) is 20.3 Å². The second-order valence-electron chi connectivity index (χ2n) is 8.38. The molecule has 0 N–H and O–H groups in total. The van der Waals surface area contributed by atoms with Crippen LogP contribution >= 0.6 is 0 Å². The molecule has 0 amide bonds. The first-order chi connectivity index (χ1) is 11.0. The zero-order chi connectivity index (χ0) is 16.0. The Morgan fingerprint density at radius 2 is 1.52 bits per heavy atom. The van der Waals surface area contributed by atoms with Gasteiger partial charge >= 0.3 is 0 Å². The van der Waals surface area contributed by atoms with Gasteiger partial charge in [-0.25, -0.2) is 0 Å². The molecular weight excluding hydrogens is 282 g/mol. The Morgan fingerprint density at radius 1 is 1.00 bits per heavy atom. The Labute approximate surface area is 139 Å². The molecule has 0 spiro atoms. The molecule has 0 radical (unpaired) electrons. The van der Waals surface area contributed by atoms with Gasteiger partial charge in [0, 0.05) is 25.2 Å². The molecule has 5 rings (SSSR count). The monoisotopic (exact) mass is 309 g/mol. The van der Waals surface area contributed by atoms with Gasteiger partial charge < -0.3 is 4.90 Å². The first kappa shape index (κ1) is 15.0. The van der Waals surface area contributed by atoms with Crippen molar-refractivity contribution in [3.05, 3.63) is 35.9 Å². The van der Waals surface area contributed by atoms with Crippen molar-refractivity contribution in [2.24, 2.45) is 23.2 Å². The molecule has 0 unspecified atom stereocenters. The van der Waals surface area contributed by atoms with Crippen LogP contribution in [0.5, 0.6) is 0 Å². The van der Waals surface area contributed by atoms with Crippen LogP contribution in [0, 0.1) is 23.2 Å².